The summed E-state index contributed by atoms with van der Waals surface area (Å²) in [5.41, 5.74) is 8.11. The number of rotatable bonds is 1. The third-order valence-electron chi connectivity index (χ3n) is 4.08. The quantitative estimate of drug-likeness (QED) is 0.707. The standard InChI is InChI=1S/C15H13N5O2/c16-14-13-15(18-6-17-14)20(7-19-13)9-4-5-10(21)8-2-1-3-11(22)12(8)9/h1-3,6-7,9,22H,4-5H2,(H2,16,17,18). The molecule has 0 saturated carbocycles. The number of anilines is 1. The normalized spacial score (nSPS) is 17.6. The molecule has 7 heteroatoms. The van der Waals surface area contributed by atoms with Crippen LogP contribution in [0.25, 0.3) is 11.2 Å². The van der Waals surface area contributed by atoms with Gasteiger partial charge in [-0.2, -0.15) is 0 Å². The van der Waals surface area contributed by atoms with Crippen LogP contribution in [0.3, 0.4) is 0 Å². The molecule has 22 heavy (non-hydrogen) atoms. The predicted molar refractivity (Wildman–Crippen MR) is 79.5 cm³/mol. The minimum atomic E-state index is -0.201. The van der Waals surface area contributed by atoms with Gasteiger partial charge in [-0.15, -0.1) is 0 Å². The van der Waals surface area contributed by atoms with Crippen LogP contribution in [0, 0.1) is 0 Å². The van der Waals surface area contributed by atoms with E-state index >= 15 is 0 Å². The molecule has 0 fully saturated rings. The topological polar surface area (TPSA) is 107 Å². The van der Waals surface area contributed by atoms with Gasteiger partial charge >= 0.3 is 0 Å². The first-order valence-corrected chi connectivity index (χ1v) is 6.95. The number of benzene rings is 1. The van der Waals surface area contributed by atoms with Crippen molar-refractivity contribution in [1.29, 1.82) is 0 Å². The van der Waals surface area contributed by atoms with E-state index in [0.29, 0.717) is 41.0 Å². The van der Waals surface area contributed by atoms with Gasteiger partial charge in [0.1, 0.15) is 17.6 Å². The maximum Gasteiger partial charge on any atom is 0.165 e. The van der Waals surface area contributed by atoms with Crippen LogP contribution in [0.15, 0.2) is 30.9 Å². The zero-order chi connectivity index (χ0) is 15.3. The number of aromatic nitrogens is 4. The Morgan fingerprint density at radius 1 is 1.27 bits per heavy atom. The first-order chi connectivity index (χ1) is 10.7. The van der Waals surface area contributed by atoms with Crippen molar-refractivity contribution in [3.63, 3.8) is 0 Å². The number of nitrogens with two attached hydrogens (primary N) is 1. The molecule has 0 spiro atoms. The predicted octanol–water partition coefficient (Wildman–Crippen LogP) is 1.68. The molecule has 1 aromatic carbocycles. The molecule has 0 amide bonds. The Labute approximate surface area is 125 Å². The Kier molecular flexibility index (Phi) is 2.62. The highest BCUT2D eigenvalue weighted by Gasteiger charge is 2.30. The lowest BCUT2D eigenvalue weighted by atomic mass is 9.86. The molecule has 0 radical (unpaired) electrons. The number of fused-ring (bicyclic) bond motifs is 2. The first-order valence-electron chi connectivity index (χ1n) is 6.95. The van der Waals surface area contributed by atoms with Crippen LogP contribution in [0.4, 0.5) is 5.82 Å². The number of imidazole rings is 1. The SMILES string of the molecule is Nc1ncnc2c1ncn2C1CCC(=O)c2cccc(O)c21. The number of phenols is 1. The fraction of sp³-hybridized carbons (Fsp3) is 0.200. The van der Waals surface area contributed by atoms with Crippen LogP contribution in [0.2, 0.25) is 0 Å². The molecule has 7 nitrogen and oxygen atoms in total. The Morgan fingerprint density at radius 3 is 3.00 bits per heavy atom. The van der Waals surface area contributed by atoms with Gasteiger partial charge in [0.2, 0.25) is 0 Å². The maximum atomic E-state index is 12.1. The Hall–Kier alpha value is -2.96. The largest absolute Gasteiger partial charge is 0.508 e. The minimum Gasteiger partial charge on any atom is -0.508 e. The molecule has 0 saturated heterocycles. The number of hydrogen-bond donors (Lipinski definition) is 2. The first kappa shape index (κ1) is 12.8. The van der Waals surface area contributed by atoms with Gasteiger partial charge in [-0.1, -0.05) is 12.1 Å². The van der Waals surface area contributed by atoms with E-state index in [1.54, 1.807) is 24.5 Å². The minimum absolute atomic E-state index is 0.0423. The number of Topliss-reactive ketones (excluding diaryl/α,β-unsaturated/α-hetero) is 1. The number of carbonyl (C=O) groups is 1. The highest BCUT2D eigenvalue weighted by Crippen LogP contribution is 2.39. The van der Waals surface area contributed by atoms with E-state index in [1.807, 2.05) is 4.57 Å². The molecule has 0 bridgehead atoms. The van der Waals surface area contributed by atoms with E-state index in [9.17, 15) is 9.90 Å². The summed E-state index contributed by atoms with van der Waals surface area (Å²) in [6.07, 6.45) is 4.02. The Balaban J connectivity index is 1.96. The van der Waals surface area contributed by atoms with Crippen LogP contribution in [-0.4, -0.2) is 30.4 Å². The van der Waals surface area contributed by atoms with Crippen molar-refractivity contribution in [2.24, 2.45) is 0 Å². The van der Waals surface area contributed by atoms with Crippen molar-refractivity contribution in [3.8, 4) is 5.75 Å². The lowest BCUT2D eigenvalue weighted by molar-refractivity contribution is 0.0963. The molecular weight excluding hydrogens is 282 g/mol. The molecule has 0 aliphatic heterocycles. The second kappa shape index (κ2) is 4.52. The highest BCUT2D eigenvalue weighted by molar-refractivity contribution is 5.99. The van der Waals surface area contributed by atoms with Gasteiger partial charge in [0, 0.05) is 17.5 Å². The number of carbonyl (C=O) groups excluding carboxylic acids is 1. The second-order valence-corrected chi connectivity index (χ2v) is 5.30. The summed E-state index contributed by atoms with van der Waals surface area (Å²) in [5, 5.41) is 10.2. The van der Waals surface area contributed by atoms with Crippen molar-refractivity contribution in [2.45, 2.75) is 18.9 Å². The van der Waals surface area contributed by atoms with Crippen LogP contribution in [0.5, 0.6) is 5.75 Å². The van der Waals surface area contributed by atoms with E-state index in [2.05, 4.69) is 15.0 Å². The zero-order valence-electron chi connectivity index (χ0n) is 11.6. The average Bonchev–Trinajstić information content (AvgIpc) is 2.94. The van der Waals surface area contributed by atoms with Crippen molar-refractivity contribution < 1.29 is 9.90 Å². The zero-order valence-corrected chi connectivity index (χ0v) is 11.6. The van der Waals surface area contributed by atoms with Gasteiger partial charge in [-0.05, 0) is 12.5 Å². The maximum absolute atomic E-state index is 12.1. The van der Waals surface area contributed by atoms with Crippen molar-refractivity contribution in [3.05, 3.63) is 42.0 Å². The lowest BCUT2D eigenvalue weighted by Crippen LogP contribution is -2.21. The molecular formula is C15H13N5O2. The molecule has 3 N–H and O–H groups in total. The monoisotopic (exact) mass is 295 g/mol. The molecule has 4 rings (SSSR count). The summed E-state index contributed by atoms with van der Waals surface area (Å²) in [7, 11) is 0. The molecule has 2 aromatic heterocycles. The third-order valence-corrected chi connectivity index (χ3v) is 4.08. The summed E-state index contributed by atoms with van der Waals surface area (Å²) in [6.45, 7) is 0. The Morgan fingerprint density at radius 2 is 2.14 bits per heavy atom. The van der Waals surface area contributed by atoms with Gasteiger partial charge in [0.25, 0.3) is 0 Å². The molecule has 3 aromatic rings. The van der Waals surface area contributed by atoms with Crippen molar-refractivity contribution >= 4 is 22.8 Å². The molecule has 2 heterocycles. The van der Waals surface area contributed by atoms with Crippen LogP contribution in [-0.2, 0) is 0 Å². The smallest absolute Gasteiger partial charge is 0.165 e. The van der Waals surface area contributed by atoms with E-state index in [-0.39, 0.29) is 17.6 Å². The number of nitrogens with zero attached hydrogens (tertiary/aromatic N) is 4. The van der Waals surface area contributed by atoms with Crippen LogP contribution < -0.4 is 5.73 Å². The molecule has 1 aliphatic carbocycles. The number of aromatic hydroxyl groups is 1. The van der Waals surface area contributed by atoms with Gasteiger partial charge in [0.05, 0.1) is 12.4 Å². The molecule has 1 aliphatic rings. The number of ketones is 1. The van der Waals surface area contributed by atoms with Gasteiger partial charge in [0.15, 0.2) is 17.2 Å². The second-order valence-electron chi connectivity index (χ2n) is 5.30. The number of hydrogen-bond acceptors (Lipinski definition) is 6. The number of nitrogen functional groups attached to an aromatic ring is 1. The summed E-state index contributed by atoms with van der Waals surface area (Å²) in [5.74, 6) is 0.466. The van der Waals surface area contributed by atoms with Crippen LogP contribution >= 0.6 is 0 Å². The van der Waals surface area contributed by atoms with E-state index in [4.69, 9.17) is 5.73 Å². The van der Waals surface area contributed by atoms with E-state index in [1.165, 1.54) is 6.33 Å². The fourth-order valence-electron chi connectivity index (χ4n) is 3.07. The van der Waals surface area contributed by atoms with Gasteiger partial charge in [-0.3, -0.25) is 4.79 Å². The van der Waals surface area contributed by atoms with Crippen molar-refractivity contribution in [2.75, 3.05) is 5.73 Å². The number of phenolic OH excluding ortho intramolecular Hbond substituents is 1. The average molecular weight is 295 g/mol. The van der Waals surface area contributed by atoms with E-state index in [0.717, 1.165) is 0 Å². The summed E-state index contributed by atoms with van der Waals surface area (Å²) in [4.78, 5) is 24.5. The van der Waals surface area contributed by atoms with Crippen LogP contribution in [0.1, 0.15) is 34.8 Å². The summed E-state index contributed by atoms with van der Waals surface area (Å²) in [6, 6.07) is 4.81. The van der Waals surface area contributed by atoms with Gasteiger partial charge < -0.3 is 15.4 Å². The fourth-order valence-corrected chi connectivity index (χ4v) is 3.07. The van der Waals surface area contributed by atoms with E-state index < -0.39 is 0 Å². The lowest BCUT2D eigenvalue weighted by Gasteiger charge is -2.26. The third kappa shape index (κ3) is 1.68. The van der Waals surface area contributed by atoms with Gasteiger partial charge in [-0.25, -0.2) is 15.0 Å². The summed E-state index contributed by atoms with van der Waals surface area (Å²) >= 11 is 0. The van der Waals surface area contributed by atoms with Crippen molar-refractivity contribution in [1.82, 2.24) is 19.5 Å². The summed E-state index contributed by atoms with van der Waals surface area (Å²) < 4.78 is 1.85. The highest BCUT2D eigenvalue weighted by atomic mass is 16.3. The molecule has 110 valence electrons. The molecule has 1 unspecified atom stereocenters. The Bertz CT molecular complexity index is 902. The molecule has 1 atom stereocenters.